The van der Waals surface area contributed by atoms with E-state index in [4.69, 9.17) is 9.47 Å². The van der Waals surface area contributed by atoms with Crippen molar-refractivity contribution in [2.45, 2.75) is 45.1 Å². The van der Waals surface area contributed by atoms with Gasteiger partial charge in [-0.2, -0.15) is 0 Å². The Labute approximate surface area is 120 Å². The second kappa shape index (κ2) is 4.66. The lowest BCUT2D eigenvalue weighted by Crippen LogP contribution is -2.27. The maximum atomic E-state index is 6.06. The quantitative estimate of drug-likeness (QED) is 0.851. The fraction of sp³-hybridized carbons (Fsp3) is 0.647. The molecule has 1 N–H and O–H groups in total. The Balaban J connectivity index is 1.63. The van der Waals surface area contributed by atoms with Gasteiger partial charge < -0.3 is 14.8 Å². The molecule has 0 amide bonds. The molecule has 3 nitrogen and oxygen atoms in total. The van der Waals surface area contributed by atoms with E-state index in [1.807, 2.05) is 0 Å². The lowest BCUT2D eigenvalue weighted by molar-refractivity contribution is 0.197. The zero-order valence-corrected chi connectivity index (χ0v) is 12.2. The average Bonchev–Trinajstić information content (AvgIpc) is 3.27. The highest BCUT2D eigenvalue weighted by atomic mass is 16.5. The van der Waals surface area contributed by atoms with Gasteiger partial charge in [0.05, 0.1) is 13.2 Å². The van der Waals surface area contributed by atoms with Crippen LogP contribution in [0.3, 0.4) is 0 Å². The molecule has 1 aromatic carbocycles. The maximum Gasteiger partial charge on any atom is 0.161 e. The van der Waals surface area contributed by atoms with Crippen molar-refractivity contribution in [2.24, 2.45) is 5.41 Å². The third kappa shape index (κ3) is 2.18. The maximum absolute atomic E-state index is 6.06. The topological polar surface area (TPSA) is 30.5 Å². The van der Waals surface area contributed by atoms with E-state index in [0.717, 1.165) is 31.3 Å². The van der Waals surface area contributed by atoms with Gasteiger partial charge in [-0.25, -0.2) is 0 Å². The minimum absolute atomic E-state index is 0.316. The van der Waals surface area contributed by atoms with E-state index in [0.29, 0.717) is 11.5 Å². The molecule has 3 aliphatic rings. The molecule has 3 heteroatoms. The first-order valence-electron chi connectivity index (χ1n) is 7.89. The molecule has 108 valence electrons. The summed E-state index contributed by atoms with van der Waals surface area (Å²) in [6.45, 7) is 4.95. The van der Waals surface area contributed by atoms with Crippen LogP contribution in [-0.4, -0.2) is 19.8 Å². The molecule has 2 aliphatic heterocycles. The Morgan fingerprint density at radius 2 is 1.85 bits per heavy atom. The minimum atomic E-state index is 0.316. The van der Waals surface area contributed by atoms with Crippen molar-refractivity contribution in [3.8, 4) is 11.5 Å². The van der Waals surface area contributed by atoms with E-state index in [1.54, 1.807) is 0 Å². The Morgan fingerprint density at radius 1 is 1.10 bits per heavy atom. The minimum Gasteiger partial charge on any atom is -0.489 e. The van der Waals surface area contributed by atoms with Gasteiger partial charge in [0.15, 0.2) is 11.5 Å². The van der Waals surface area contributed by atoms with Crippen LogP contribution >= 0.6 is 0 Å². The van der Waals surface area contributed by atoms with Gasteiger partial charge in [-0.1, -0.05) is 6.42 Å². The zero-order valence-electron chi connectivity index (χ0n) is 12.2. The number of piperidine rings is 1. The molecule has 0 bridgehead atoms. The number of nitrogens with one attached hydrogen (secondary N) is 1. The summed E-state index contributed by atoms with van der Waals surface area (Å²) in [5, 5.41) is 3.63. The summed E-state index contributed by atoms with van der Waals surface area (Å²) in [4.78, 5) is 0. The van der Waals surface area contributed by atoms with Gasteiger partial charge in [0.2, 0.25) is 0 Å². The molecule has 0 aromatic heterocycles. The Bertz CT molecular complexity index is 516. The number of hydrogen-bond acceptors (Lipinski definition) is 3. The summed E-state index contributed by atoms with van der Waals surface area (Å²) in [5.74, 6) is 1.88. The van der Waals surface area contributed by atoms with E-state index in [1.165, 1.54) is 43.2 Å². The number of ether oxygens (including phenoxy) is 2. The van der Waals surface area contributed by atoms with Crippen molar-refractivity contribution in [1.82, 2.24) is 5.32 Å². The van der Waals surface area contributed by atoms with Crippen molar-refractivity contribution in [1.29, 1.82) is 0 Å². The van der Waals surface area contributed by atoms with Crippen molar-refractivity contribution in [2.75, 3.05) is 19.8 Å². The molecule has 1 saturated heterocycles. The first-order chi connectivity index (χ1) is 9.76. The highest BCUT2D eigenvalue weighted by Crippen LogP contribution is 2.49. The molecule has 1 aliphatic carbocycles. The van der Waals surface area contributed by atoms with Gasteiger partial charge in [0.25, 0.3) is 0 Å². The summed E-state index contributed by atoms with van der Waals surface area (Å²) < 4.78 is 12.1. The largest absolute Gasteiger partial charge is 0.489 e. The number of aryl methyl sites for hydroxylation is 1. The second-order valence-corrected chi connectivity index (χ2v) is 6.74. The molecule has 20 heavy (non-hydrogen) atoms. The van der Waals surface area contributed by atoms with Crippen LogP contribution in [0.25, 0.3) is 0 Å². The number of rotatable bonds is 1. The number of fused-ring (bicyclic) bond motifs is 1. The molecule has 1 saturated carbocycles. The third-order valence-electron chi connectivity index (χ3n) is 5.04. The van der Waals surface area contributed by atoms with Crippen LogP contribution in [0, 0.1) is 12.3 Å². The predicted octanol–water partition coefficient (Wildman–Crippen LogP) is 3.36. The molecule has 1 unspecified atom stereocenters. The molecular weight excluding hydrogens is 250 g/mol. The van der Waals surface area contributed by atoms with Gasteiger partial charge in [-0.3, -0.25) is 0 Å². The molecule has 2 fully saturated rings. The third-order valence-corrected chi connectivity index (χ3v) is 5.04. The number of hydrogen-bond donors (Lipinski definition) is 1. The van der Waals surface area contributed by atoms with Crippen molar-refractivity contribution in [3.05, 3.63) is 23.3 Å². The Kier molecular flexibility index (Phi) is 2.92. The van der Waals surface area contributed by atoms with E-state index < -0.39 is 0 Å². The van der Waals surface area contributed by atoms with Crippen molar-refractivity contribution >= 4 is 0 Å². The standard InChI is InChI=1S/C17H23NO2/c1-12-8-15-16(20-11-17(5-6-17)10-19-15)9-13(12)14-4-2-3-7-18-14/h8-9,14,18H,2-7,10-11H2,1H3. The zero-order chi connectivity index (χ0) is 13.6. The average molecular weight is 273 g/mol. The van der Waals surface area contributed by atoms with Crippen LogP contribution < -0.4 is 14.8 Å². The fourth-order valence-electron chi connectivity index (χ4n) is 3.36. The smallest absolute Gasteiger partial charge is 0.161 e. The first-order valence-corrected chi connectivity index (χ1v) is 7.89. The van der Waals surface area contributed by atoms with E-state index in [2.05, 4.69) is 24.4 Å². The monoisotopic (exact) mass is 273 g/mol. The van der Waals surface area contributed by atoms with Crippen LogP contribution in [0.5, 0.6) is 11.5 Å². The van der Waals surface area contributed by atoms with Gasteiger partial charge in [-0.15, -0.1) is 0 Å². The lowest BCUT2D eigenvalue weighted by Gasteiger charge is -2.26. The van der Waals surface area contributed by atoms with E-state index in [9.17, 15) is 0 Å². The van der Waals surface area contributed by atoms with Crippen LogP contribution in [0.15, 0.2) is 12.1 Å². The van der Waals surface area contributed by atoms with Crippen LogP contribution in [0.4, 0.5) is 0 Å². The highest BCUT2D eigenvalue weighted by molar-refractivity contribution is 5.48. The van der Waals surface area contributed by atoms with Crippen molar-refractivity contribution in [3.63, 3.8) is 0 Å². The van der Waals surface area contributed by atoms with E-state index in [-0.39, 0.29) is 0 Å². The fourth-order valence-corrected chi connectivity index (χ4v) is 3.36. The number of benzene rings is 1. The van der Waals surface area contributed by atoms with Crippen molar-refractivity contribution < 1.29 is 9.47 Å². The molecule has 0 radical (unpaired) electrons. The van der Waals surface area contributed by atoms with Gasteiger partial charge in [0, 0.05) is 11.5 Å². The summed E-state index contributed by atoms with van der Waals surface area (Å²) >= 11 is 0. The lowest BCUT2D eigenvalue weighted by atomic mass is 9.94. The summed E-state index contributed by atoms with van der Waals surface area (Å²) in [5.41, 5.74) is 3.02. The van der Waals surface area contributed by atoms with Gasteiger partial charge in [0.1, 0.15) is 0 Å². The van der Waals surface area contributed by atoms with Crippen LogP contribution in [-0.2, 0) is 0 Å². The second-order valence-electron chi connectivity index (χ2n) is 6.74. The molecular formula is C17H23NO2. The SMILES string of the molecule is Cc1cc2c(cc1C1CCCCN1)OCC1(CC1)CO2. The Morgan fingerprint density at radius 3 is 2.50 bits per heavy atom. The van der Waals surface area contributed by atoms with E-state index >= 15 is 0 Å². The molecule has 1 atom stereocenters. The summed E-state index contributed by atoms with van der Waals surface area (Å²) in [6, 6.07) is 4.87. The normalized spacial score (nSPS) is 27.1. The van der Waals surface area contributed by atoms with Crippen LogP contribution in [0.1, 0.15) is 49.3 Å². The molecule has 1 aromatic rings. The van der Waals surface area contributed by atoms with Crippen LogP contribution in [0.2, 0.25) is 0 Å². The molecule has 2 heterocycles. The van der Waals surface area contributed by atoms with Gasteiger partial charge in [-0.05, 0) is 62.4 Å². The first kappa shape index (κ1) is 12.5. The Hall–Kier alpha value is -1.22. The predicted molar refractivity (Wildman–Crippen MR) is 78.4 cm³/mol. The molecule has 1 spiro atoms. The molecule has 4 rings (SSSR count). The summed E-state index contributed by atoms with van der Waals surface area (Å²) in [7, 11) is 0. The highest BCUT2D eigenvalue weighted by Gasteiger charge is 2.46. The van der Waals surface area contributed by atoms with Gasteiger partial charge >= 0.3 is 0 Å². The summed E-state index contributed by atoms with van der Waals surface area (Å²) in [6.07, 6.45) is 6.33.